The van der Waals surface area contributed by atoms with Gasteiger partial charge in [-0.3, -0.25) is 4.98 Å². The van der Waals surface area contributed by atoms with Crippen molar-refractivity contribution in [3.05, 3.63) is 29.6 Å². The highest BCUT2D eigenvalue weighted by Gasteiger charge is 2.55. The Hall–Kier alpha value is -0.930. The second-order valence-electron chi connectivity index (χ2n) is 6.67. The largest absolute Gasteiger partial charge is 0.378 e. The van der Waals surface area contributed by atoms with Gasteiger partial charge >= 0.3 is 0 Å². The Morgan fingerprint density at radius 3 is 2.86 bits per heavy atom. The van der Waals surface area contributed by atoms with Crippen molar-refractivity contribution in [2.75, 3.05) is 6.61 Å². The number of hydrogen-bond acceptors (Lipinski definition) is 3. The molecule has 1 aromatic heterocycles. The average molecular weight is 288 g/mol. The molecule has 0 bridgehead atoms. The van der Waals surface area contributed by atoms with E-state index >= 15 is 0 Å². The maximum Gasteiger partial charge on any atom is 0.0661 e. The van der Waals surface area contributed by atoms with E-state index in [1.165, 1.54) is 49.8 Å². The highest BCUT2D eigenvalue weighted by molar-refractivity contribution is 5.18. The fraction of sp³-hybridized carbons (Fsp3) is 0.722. The lowest BCUT2D eigenvalue weighted by atomic mass is 9.55. The Kier molecular flexibility index (Phi) is 4.60. The number of pyridine rings is 1. The second-order valence-corrected chi connectivity index (χ2v) is 6.67. The maximum atomic E-state index is 6.02. The predicted molar refractivity (Wildman–Crippen MR) is 85.2 cm³/mol. The first kappa shape index (κ1) is 15.0. The van der Waals surface area contributed by atoms with Crippen LogP contribution in [-0.4, -0.2) is 23.7 Å². The molecule has 21 heavy (non-hydrogen) atoms. The van der Waals surface area contributed by atoms with Crippen LogP contribution in [0.2, 0.25) is 0 Å². The van der Waals surface area contributed by atoms with E-state index in [4.69, 9.17) is 4.74 Å². The Labute approximate surface area is 128 Å². The van der Waals surface area contributed by atoms with Gasteiger partial charge in [0.1, 0.15) is 0 Å². The van der Waals surface area contributed by atoms with Gasteiger partial charge in [-0.25, -0.2) is 0 Å². The normalized spacial score (nSPS) is 27.5. The van der Waals surface area contributed by atoms with Crippen molar-refractivity contribution in [1.29, 1.82) is 0 Å². The summed E-state index contributed by atoms with van der Waals surface area (Å²) in [4.78, 5) is 4.50. The molecule has 0 aliphatic heterocycles. The summed E-state index contributed by atoms with van der Waals surface area (Å²) in [5, 5.41) is 3.78. The highest BCUT2D eigenvalue weighted by atomic mass is 16.5. The van der Waals surface area contributed by atoms with Gasteiger partial charge in [-0.1, -0.05) is 25.3 Å². The van der Waals surface area contributed by atoms with Gasteiger partial charge in [-0.15, -0.1) is 0 Å². The molecule has 3 rings (SSSR count). The zero-order chi connectivity index (χ0) is 14.7. The van der Waals surface area contributed by atoms with Gasteiger partial charge in [0.05, 0.1) is 11.8 Å². The molecule has 2 atom stereocenters. The third-order valence-electron chi connectivity index (χ3n) is 5.57. The lowest BCUT2D eigenvalue weighted by Crippen LogP contribution is -2.64. The Bertz CT molecular complexity index is 468. The minimum absolute atomic E-state index is 0.400. The van der Waals surface area contributed by atoms with E-state index in [-0.39, 0.29) is 0 Å². The van der Waals surface area contributed by atoms with E-state index in [1.54, 1.807) is 0 Å². The molecule has 1 spiro atoms. The number of nitrogens with zero attached hydrogens (tertiary/aromatic N) is 1. The first-order chi connectivity index (χ1) is 10.3. The van der Waals surface area contributed by atoms with Gasteiger partial charge in [-0.2, -0.15) is 0 Å². The summed E-state index contributed by atoms with van der Waals surface area (Å²) in [6.07, 6.45) is 10.3. The molecular weight excluding hydrogens is 260 g/mol. The monoisotopic (exact) mass is 288 g/mol. The van der Waals surface area contributed by atoms with Gasteiger partial charge in [-0.05, 0) is 44.7 Å². The number of hydrogen-bond donors (Lipinski definition) is 1. The first-order valence-electron chi connectivity index (χ1n) is 8.52. The van der Waals surface area contributed by atoms with Crippen LogP contribution in [0.1, 0.15) is 56.7 Å². The molecule has 3 heteroatoms. The molecule has 2 aliphatic rings. The second kappa shape index (κ2) is 6.45. The smallest absolute Gasteiger partial charge is 0.0661 e. The molecule has 0 saturated heterocycles. The summed E-state index contributed by atoms with van der Waals surface area (Å²) < 4.78 is 6.02. The third-order valence-corrected chi connectivity index (χ3v) is 5.57. The van der Waals surface area contributed by atoms with Crippen molar-refractivity contribution in [3.63, 3.8) is 0 Å². The van der Waals surface area contributed by atoms with Crippen LogP contribution in [0.3, 0.4) is 0 Å². The summed E-state index contributed by atoms with van der Waals surface area (Å²) in [6.45, 7) is 6.00. The number of nitrogens with one attached hydrogen (secondary N) is 1. The van der Waals surface area contributed by atoms with Crippen LogP contribution in [0.4, 0.5) is 0 Å². The third kappa shape index (κ3) is 2.86. The summed E-state index contributed by atoms with van der Waals surface area (Å²) in [7, 11) is 0. The molecule has 2 unspecified atom stereocenters. The number of rotatable bonds is 5. The van der Waals surface area contributed by atoms with E-state index < -0.39 is 0 Å². The van der Waals surface area contributed by atoms with E-state index in [9.17, 15) is 0 Å². The number of ether oxygens (including phenoxy) is 1. The topological polar surface area (TPSA) is 34.1 Å². The average Bonchev–Trinajstić information content (AvgIpc) is 2.52. The molecule has 0 aromatic carbocycles. The number of aromatic nitrogens is 1. The molecular formula is C18H28N2O. The summed E-state index contributed by atoms with van der Waals surface area (Å²) in [6, 6.07) is 4.76. The standard InChI is InChI=1S/C18H28N2O/c1-3-21-17-12-16(18(17)9-5-4-6-10-18)20-13-15-14(2)8-7-11-19-15/h7-8,11,16-17,20H,3-6,9-10,12-13H2,1-2H3. The highest BCUT2D eigenvalue weighted by Crippen LogP contribution is 2.53. The zero-order valence-corrected chi connectivity index (χ0v) is 13.4. The van der Waals surface area contributed by atoms with Crippen LogP contribution in [-0.2, 0) is 11.3 Å². The molecule has 0 radical (unpaired) electrons. The van der Waals surface area contributed by atoms with Crippen LogP contribution in [0, 0.1) is 12.3 Å². The van der Waals surface area contributed by atoms with E-state index in [1.807, 2.05) is 12.3 Å². The first-order valence-corrected chi connectivity index (χ1v) is 8.52. The van der Waals surface area contributed by atoms with Crippen LogP contribution >= 0.6 is 0 Å². The molecule has 2 saturated carbocycles. The van der Waals surface area contributed by atoms with Gasteiger partial charge < -0.3 is 10.1 Å². The van der Waals surface area contributed by atoms with Gasteiger partial charge in [0, 0.05) is 30.8 Å². The molecule has 1 aromatic rings. The van der Waals surface area contributed by atoms with Crippen LogP contribution in [0.15, 0.2) is 18.3 Å². The van der Waals surface area contributed by atoms with E-state index in [0.717, 1.165) is 13.2 Å². The molecule has 1 N–H and O–H groups in total. The quantitative estimate of drug-likeness (QED) is 0.899. The SMILES string of the molecule is CCOC1CC(NCc2ncccc2C)C12CCCCC2. The van der Waals surface area contributed by atoms with Crippen molar-refractivity contribution >= 4 is 0 Å². The fourth-order valence-electron chi connectivity index (χ4n) is 4.27. The van der Waals surface area contributed by atoms with Gasteiger partial charge in [0.15, 0.2) is 0 Å². The molecule has 2 fully saturated rings. The van der Waals surface area contributed by atoms with Crippen LogP contribution in [0.25, 0.3) is 0 Å². The number of aryl methyl sites for hydroxylation is 1. The zero-order valence-electron chi connectivity index (χ0n) is 13.4. The maximum absolute atomic E-state index is 6.02. The lowest BCUT2D eigenvalue weighted by molar-refractivity contribution is -0.150. The lowest BCUT2D eigenvalue weighted by Gasteiger charge is -2.58. The van der Waals surface area contributed by atoms with Crippen molar-refractivity contribution < 1.29 is 4.74 Å². The molecule has 2 aliphatic carbocycles. The van der Waals surface area contributed by atoms with Crippen molar-refractivity contribution in [2.45, 2.75) is 71.1 Å². The van der Waals surface area contributed by atoms with Gasteiger partial charge in [0.25, 0.3) is 0 Å². The van der Waals surface area contributed by atoms with Crippen molar-refractivity contribution in [2.24, 2.45) is 5.41 Å². The van der Waals surface area contributed by atoms with E-state index in [2.05, 4.69) is 30.2 Å². The molecule has 3 nitrogen and oxygen atoms in total. The minimum Gasteiger partial charge on any atom is -0.378 e. The summed E-state index contributed by atoms with van der Waals surface area (Å²) in [5.41, 5.74) is 2.86. The van der Waals surface area contributed by atoms with Crippen molar-refractivity contribution in [3.8, 4) is 0 Å². The molecule has 1 heterocycles. The van der Waals surface area contributed by atoms with E-state index in [0.29, 0.717) is 17.6 Å². The molecule has 0 amide bonds. The Balaban J connectivity index is 1.64. The van der Waals surface area contributed by atoms with Gasteiger partial charge in [0.2, 0.25) is 0 Å². The fourth-order valence-corrected chi connectivity index (χ4v) is 4.27. The molecule has 116 valence electrons. The Morgan fingerprint density at radius 2 is 2.14 bits per heavy atom. The summed E-state index contributed by atoms with van der Waals surface area (Å²) in [5.74, 6) is 0. The summed E-state index contributed by atoms with van der Waals surface area (Å²) >= 11 is 0. The minimum atomic E-state index is 0.400. The Morgan fingerprint density at radius 1 is 1.33 bits per heavy atom. The predicted octanol–water partition coefficient (Wildman–Crippen LogP) is 3.61. The van der Waals surface area contributed by atoms with Crippen molar-refractivity contribution in [1.82, 2.24) is 10.3 Å². The van der Waals surface area contributed by atoms with Crippen LogP contribution in [0.5, 0.6) is 0 Å². The van der Waals surface area contributed by atoms with Crippen LogP contribution < -0.4 is 5.32 Å².